The van der Waals surface area contributed by atoms with Gasteiger partial charge in [0.25, 0.3) is 0 Å². The summed E-state index contributed by atoms with van der Waals surface area (Å²) in [6.07, 6.45) is 8.12. The third-order valence-corrected chi connectivity index (χ3v) is 2.86. The fourth-order valence-electron chi connectivity index (χ4n) is 1.82. The molecule has 102 valence electrons. The molecule has 2 aromatic heterocycles. The lowest BCUT2D eigenvalue weighted by molar-refractivity contribution is 0.104. The van der Waals surface area contributed by atoms with Crippen molar-refractivity contribution in [3.63, 3.8) is 0 Å². The predicted molar refractivity (Wildman–Crippen MR) is 76.8 cm³/mol. The number of ketones is 1. The summed E-state index contributed by atoms with van der Waals surface area (Å²) in [7, 11) is 0. The number of allylic oxidation sites excluding steroid dienone is 1. The van der Waals surface area contributed by atoms with Crippen LogP contribution in [0.15, 0.2) is 61.2 Å². The van der Waals surface area contributed by atoms with Crippen LogP contribution in [-0.2, 0) is 0 Å². The van der Waals surface area contributed by atoms with E-state index in [9.17, 15) is 4.79 Å². The Hall–Kier alpha value is -3.15. The van der Waals surface area contributed by atoms with Gasteiger partial charge in [0.15, 0.2) is 5.78 Å². The van der Waals surface area contributed by atoms with E-state index < -0.39 is 0 Å². The molecule has 3 rings (SSSR count). The van der Waals surface area contributed by atoms with Crippen LogP contribution in [-0.4, -0.2) is 31.0 Å². The summed E-state index contributed by atoms with van der Waals surface area (Å²) in [5.74, 6) is -0.0891. The van der Waals surface area contributed by atoms with Gasteiger partial charge < -0.3 is 0 Å². The maximum absolute atomic E-state index is 12.2. The molecule has 0 radical (unpaired) electrons. The highest BCUT2D eigenvalue weighted by Gasteiger charge is 2.04. The third-order valence-electron chi connectivity index (χ3n) is 2.86. The monoisotopic (exact) mass is 277 g/mol. The van der Waals surface area contributed by atoms with Crippen molar-refractivity contribution in [1.82, 2.24) is 25.2 Å². The molecule has 0 N–H and O–H groups in total. The van der Waals surface area contributed by atoms with Gasteiger partial charge in [0, 0.05) is 18.0 Å². The van der Waals surface area contributed by atoms with Crippen molar-refractivity contribution in [2.24, 2.45) is 0 Å². The van der Waals surface area contributed by atoms with Crippen molar-refractivity contribution in [1.29, 1.82) is 0 Å². The van der Waals surface area contributed by atoms with Gasteiger partial charge in [0.1, 0.15) is 6.33 Å². The van der Waals surface area contributed by atoms with Crippen LogP contribution in [0.5, 0.6) is 0 Å². The number of rotatable bonds is 4. The van der Waals surface area contributed by atoms with E-state index in [-0.39, 0.29) is 5.78 Å². The zero-order chi connectivity index (χ0) is 14.5. The van der Waals surface area contributed by atoms with Crippen LogP contribution >= 0.6 is 0 Å². The molecule has 21 heavy (non-hydrogen) atoms. The highest BCUT2D eigenvalue weighted by molar-refractivity contribution is 6.07. The van der Waals surface area contributed by atoms with Gasteiger partial charge in [-0.15, -0.1) is 5.10 Å². The second-order valence-corrected chi connectivity index (χ2v) is 4.29. The predicted octanol–water partition coefficient (Wildman–Crippen LogP) is 1.95. The Labute approximate surface area is 120 Å². The molecule has 0 amide bonds. The van der Waals surface area contributed by atoms with Crippen LogP contribution in [0.4, 0.5) is 0 Å². The molecule has 0 fully saturated rings. The van der Waals surface area contributed by atoms with Gasteiger partial charge in [-0.25, -0.2) is 4.68 Å². The summed E-state index contributed by atoms with van der Waals surface area (Å²) in [5.41, 5.74) is 2.19. The Morgan fingerprint density at radius 2 is 2.14 bits per heavy atom. The Morgan fingerprint density at radius 1 is 1.19 bits per heavy atom. The number of carbonyl (C=O) groups is 1. The second kappa shape index (κ2) is 5.87. The van der Waals surface area contributed by atoms with Crippen LogP contribution in [0, 0.1) is 0 Å². The van der Waals surface area contributed by atoms with E-state index in [1.807, 2.05) is 18.2 Å². The van der Waals surface area contributed by atoms with Crippen LogP contribution in [0.3, 0.4) is 0 Å². The SMILES string of the molecule is O=C(C=Cc1cccnc1)c1cccc(-n2cnnn2)c1. The van der Waals surface area contributed by atoms with Gasteiger partial charge in [0.05, 0.1) is 5.69 Å². The Bertz CT molecular complexity index is 766. The number of hydrogen-bond donors (Lipinski definition) is 0. The summed E-state index contributed by atoms with van der Waals surface area (Å²) >= 11 is 0. The average Bonchev–Trinajstić information content (AvgIpc) is 3.08. The van der Waals surface area contributed by atoms with Crippen molar-refractivity contribution in [2.45, 2.75) is 0 Å². The molecular weight excluding hydrogens is 266 g/mol. The third kappa shape index (κ3) is 3.06. The minimum absolute atomic E-state index is 0.0891. The van der Waals surface area contributed by atoms with Crippen molar-refractivity contribution >= 4 is 11.9 Å². The summed E-state index contributed by atoms with van der Waals surface area (Å²) in [4.78, 5) is 16.2. The quantitative estimate of drug-likeness (QED) is 0.538. The molecule has 0 bridgehead atoms. The molecular formula is C15H11N5O. The zero-order valence-electron chi connectivity index (χ0n) is 11.0. The molecule has 6 nitrogen and oxygen atoms in total. The lowest BCUT2D eigenvalue weighted by Crippen LogP contribution is -1.99. The minimum Gasteiger partial charge on any atom is -0.289 e. The average molecular weight is 277 g/mol. The topological polar surface area (TPSA) is 73.6 Å². The molecule has 0 aliphatic carbocycles. The molecule has 0 unspecified atom stereocenters. The number of aromatic nitrogens is 5. The van der Waals surface area contributed by atoms with Gasteiger partial charge >= 0.3 is 0 Å². The van der Waals surface area contributed by atoms with Crippen molar-refractivity contribution in [2.75, 3.05) is 0 Å². The number of carbonyl (C=O) groups excluding carboxylic acids is 1. The highest BCUT2D eigenvalue weighted by atomic mass is 16.1. The maximum atomic E-state index is 12.2. The van der Waals surface area contributed by atoms with Crippen LogP contribution in [0.2, 0.25) is 0 Å². The van der Waals surface area contributed by atoms with E-state index in [1.54, 1.807) is 36.7 Å². The molecule has 1 aromatic carbocycles. The number of pyridine rings is 1. The number of tetrazole rings is 1. The van der Waals surface area contributed by atoms with E-state index in [4.69, 9.17) is 0 Å². The standard InChI is InChI=1S/C15H11N5O/c21-15(7-6-12-3-2-8-16-10-12)13-4-1-5-14(9-13)20-11-17-18-19-20/h1-11H. The fraction of sp³-hybridized carbons (Fsp3) is 0. The van der Waals surface area contributed by atoms with Crippen LogP contribution in [0.25, 0.3) is 11.8 Å². The highest BCUT2D eigenvalue weighted by Crippen LogP contribution is 2.10. The first-order chi connectivity index (χ1) is 10.3. The smallest absolute Gasteiger partial charge is 0.185 e. The van der Waals surface area contributed by atoms with E-state index >= 15 is 0 Å². The normalized spacial score (nSPS) is 10.9. The van der Waals surface area contributed by atoms with E-state index in [0.717, 1.165) is 11.3 Å². The lowest BCUT2D eigenvalue weighted by Gasteiger charge is -2.01. The van der Waals surface area contributed by atoms with Crippen molar-refractivity contribution < 1.29 is 4.79 Å². The minimum atomic E-state index is -0.0891. The Kier molecular flexibility index (Phi) is 3.60. The molecule has 6 heteroatoms. The lowest BCUT2D eigenvalue weighted by atomic mass is 10.1. The number of benzene rings is 1. The maximum Gasteiger partial charge on any atom is 0.185 e. The first-order valence-electron chi connectivity index (χ1n) is 6.29. The second-order valence-electron chi connectivity index (χ2n) is 4.29. The number of hydrogen-bond acceptors (Lipinski definition) is 5. The molecule has 2 heterocycles. The van der Waals surface area contributed by atoms with Crippen LogP contribution < -0.4 is 0 Å². The summed E-state index contributed by atoms with van der Waals surface area (Å²) in [6.45, 7) is 0. The largest absolute Gasteiger partial charge is 0.289 e. The van der Waals surface area contributed by atoms with Crippen molar-refractivity contribution in [3.05, 3.63) is 72.3 Å². The van der Waals surface area contributed by atoms with Gasteiger partial charge in [-0.3, -0.25) is 9.78 Å². The summed E-state index contributed by atoms with van der Waals surface area (Å²) < 4.78 is 1.50. The molecule has 0 aliphatic rings. The van der Waals surface area contributed by atoms with E-state index in [0.29, 0.717) is 5.56 Å². The van der Waals surface area contributed by atoms with Gasteiger partial charge in [-0.05, 0) is 46.3 Å². The van der Waals surface area contributed by atoms with Crippen molar-refractivity contribution in [3.8, 4) is 5.69 Å². The molecule has 0 saturated carbocycles. The molecule has 3 aromatic rings. The first-order valence-corrected chi connectivity index (χ1v) is 6.29. The molecule has 0 spiro atoms. The Morgan fingerprint density at radius 3 is 2.90 bits per heavy atom. The van der Waals surface area contributed by atoms with E-state index in [2.05, 4.69) is 20.5 Å². The van der Waals surface area contributed by atoms with E-state index in [1.165, 1.54) is 17.1 Å². The summed E-state index contributed by atoms with van der Waals surface area (Å²) in [5, 5.41) is 10.9. The van der Waals surface area contributed by atoms with Gasteiger partial charge in [-0.1, -0.05) is 18.2 Å². The Balaban J connectivity index is 1.82. The number of nitrogens with zero attached hydrogens (tertiary/aromatic N) is 5. The van der Waals surface area contributed by atoms with Crippen LogP contribution in [0.1, 0.15) is 15.9 Å². The molecule has 0 saturated heterocycles. The first kappa shape index (κ1) is 12.9. The van der Waals surface area contributed by atoms with Gasteiger partial charge in [-0.2, -0.15) is 0 Å². The molecule has 0 aliphatic heterocycles. The summed E-state index contributed by atoms with van der Waals surface area (Å²) in [6, 6.07) is 10.8. The van der Waals surface area contributed by atoms with Gasteiger partial charge in [0.2, 0.25) is 0 Å². The zero-order valence-corrected chi connectivity index (χ0v) is 11.0. The molecule has 0 atom stereocenters. The fourth-order valence-corrected chi connectivity index (χ4v) is 1.82.